The van der Waals surface area contributed by atoms with E-state index in [1.54, 1.807) is 20.1 Å². The van der Waals surface area contributed by atoms with Gasteiger partial charge in [0.15, 0.2) is 0 Å². The first-order valence-electron chi connectivity index (χ1n) is 11.0. The maximum atomic E-state index is 13.1. The smallest absolute Gasteiger partial charge is 0.331 e. The van der Waals surface area contributed by atoms with Gasteiger partial charge in [-0.15, -0.1) is 0 Å². The molecule has 1 amide bonds. The van der Waals surface area contributed by atoms with Crippen LogP contribution in [0.3, 0.4) is 0 Å². The number of carbonyl (C=O) groups is 2. The lowest BCUT2D eigenvalue weighted by Crippen LogP contribution is -2.54. The molecule has 1 aliphatic heterocycles. The van der Waals surface area contributed by atoms with Crippen LogP contribution in [0.25, 0.3) is 0 Å². The van der Waals surface area contributed by atoms with Gasteiger partial charge >= 0.3 is 5.97 Å². The van der Waals surface area contributed by atoms with Gasteiger partial charge in [-0.05, 0) is 60.5 Å². The van der Waals surface area contributed by atoms with E-state index >= 15 is 0 Å². The topological polar surface area (TPSA) is 90.0 Å². The maximum Gasteiger partial charge on any atom is 0.331 e. The molecule has 0 bridgehead atoms. The lowest BCUT2D eigenvalue weighted by molar-refractivity contribution is -0.151. The standard InChI is InChI=1S/C22H32BrN3O5/c1-5-22(6-2,21(28)30-7-3)25-19(27)17-10-16(23)18(26-11-15(12-26)29-4)20(24-17)31-13-14-8-9-14/h10,14-15H,5-9,11-13H2,1-4H3,(H,25,27). The van der Waals surface area contributed by atoms with Crippen LogP contribution in [-0.4, -0.2) is 61.9 Å². The number of hydrogen-bond acceptors (Lipinski definition) is 7. The molecule has 0 radical (unpaired) electrons. The Kier molecular flexibility index (Phi) is 7.80. The summed E-state index contributed by atoms with van der Waals surface area (Å²) < 4.78 is 17.4. The van der Waals surface area contributed by atoms with Gasteiger partial charge < -0.3 is 24.4 Å². The number of ether oxygens (including phenoxy) is 3. The molecular weight excluding hydrogens is 466 g/mol. The van der Waals surface area contributed by atoms with Crippen LogP contribution in [0.2, 0.25) is 0 Å². The summed E-state index contributed by atoms with van der Waals surface area (Å²) in [6, 6.07) is 1.68. The molecule has 0 spiro atoms. The molecule has 172 valence electrons. The van der Waals surface area contributed by atoms with E-state index < -0.39 is 17.4 Å². The first kappa shape index (κ1) is 23.8. The normalized spacial score (nSPS) is 16.6. The fraction of sp³-hybridized carbons (Fsp3) is 0.682. The van der Waals surface area contributed by atoms with Crippen molar-refractivity contribution >= 4 is 33.5 Å². The molecule has 2 fully saturated rings. The number of anilines is 1. The van der Waals surface area contributed by atoms with Crippen molar-refractivity contribution in [3.8, 4) is 5.88 Å². The van der Waals surface area contributed by atoms with Crippen molar-refractivity contribution in [1.82, 2.24) is 10.3 Å². The van der Waals surface area contributed by atoms with E-state index in [1.807, 2.05) is 13.8 Å². The van der Waals surface area contributed by atoms with Gasteiger partial charge in [-0.2, -0.15) is 0 Å². The number of hydrogen-bond donors (Lipinski definition) is 1. The van der Waals surface area contributed by atoms with Crippen molar-refractivity contribution in [2.45, 2.75) is 58.1 Å². The monoisotopic (exact) mass is 497 g/mol. The zero-order chi connectivity index (χ0) is 22.6. The Bertz CT molecular complexity index is 805. The van der Waals surface area contributed by atoms with Crippen molar-refractivity contribution < 1.29 is 23.8 Å². The van der Waals surface area contributed by atoms with Crippen LogP contribution in [0.4, 0.5) is 5.69 Å². The minimum absolute atomic E-state index is 0.172. The van der Waals surface area contributed by atoms with E-state index in [1.165, 1.54) is 0 Å². The summed E-state index contributed by atoms with van der Waals surface area (Å²) in [5.41, 5.74) is -0.0630. The van der Waals surface area contributed by atoms with E-state index in [4.69, 9.17) is 14.2 Å². The molecule has 1 saturated heterocycles. The number of methoxy groups -OCH3 is 1. The third kappa shape index (κ3) is 5.31. The largest absolute Gasteiger partial charge is 0.476 e. The third-order valence-corrected chi connectivity index (χ3v) is 6.63. The average Bonchev–Trinajstić information content (AvgIpc) is 3.55. The SMILES string of the molecule is CCOC(=O)C(CC)(CC)NC(=O)c1cc(Br)c(N2CC(OC)C2)c(OCC2CC2)n1. The highest BCUT2D eigenvalue weighted by molar-refractivity contribution is 9.10. The molecule has 2 aliphatic rings. The molecule has 0 unspecified atom stereocenters. The van der Waals surface area contributed by atoms with Gasteiger partial charge in [-0.25, -0.2) is 9.78 Å². The summed E-state index contributed by atoms with van der Waals surface area (Å²) >= 11 is 3.60. The predicted octanol–water partition coefficient (Wildman–Crippen LogP) is 3.32. The average molecular weight is 498 g/mol. The molecule has 31 heavy (non-hydrogen) atoms. The number of amides is 1. The molecule has 2 heterocycles. The fourth-order valence-corrected chi connectivity index (χ4v) is 4.19. The van der Waals surface area contributed by atoms with Crippen LogP contribution in [0.5, 0.6) is 5.88 Å². The number of nitrogens with zero attached hydrogens (tertiary/aromatic N) is 2. The Morgan fingerprint density at radius 3 is 2.48 bits per heavy atom. The summed E-state index contributed by atoms with van der Waals surface area (Å²) in [7, 11) is 1.70. The number of nitrogens with one attached hydrogen (secondary N) is 1. The highest BCUT2D eigenvalue weighted by Crippen LogP contribution is 2.39. The highest BCUT2D eigenvalue weighted by Gasteiger charge is 2.39. The quantitative estimate of drug-likeness (QED) is 0.468. The highest BCUT2D eigenvalue weighted by atomic mass is 79.9. The maximum absolute atomic E-state index is 13.1. The van der Waals surface area contributed by atoms with Crippen molar-refractivity contribution in [3.63, 3.8) is 0 Å². The minimum atomic E-state index is -1.09. The van der Waals surface area contributed by atoms with Crippen LogP contribution >= 0.6 is 15.9 Å². The Hall–Kier alpha value is -1.87. The zero-order valence-corrected chi connectivity index (χ0v) is 20.3. The van der Waals surface area contributed by atoms with E-state index in [0.29, 0.717) is 31.2 Å². The molecule has 3 rings (SSSR count). The molecule has 8 nitrogen and oxygen atoms in total. The van der Waals surface area contributed by atoms with E-state index in [-0.39, 0.29) is 18.4 Å². The number of esters is 1. The Balaban J connectivity index is 1.85. The summed E-state index contributed by atoms with van der Waals surface area (Å²) in [5, 5.41) is 2.87. The fourth-order valence-electron chi connectivity index (χ4n) is 3.56. The molecule has 9 heteroatoms. The number of halogens is 1. The second-order valence-electron chi connectivity index (χ2n) is 8.12. The van der Waals surface area contributed by atoms with Gasteiger partial charge in [0.2, 0.25) is 5.88 Å². The van der Waals surface area contributed by atoms with Crippen LogP contribution < -0.4 is 15.0 Å². The summed E-state index contributed by atoms with van der Waals surface area (Å²) in [6.07, 6.45) is 3.32. The molecular formula is C22H32BrN3O5. The summed E-state index contributed by atoms with van der Waals surface area (Å²) in [4.78, 5) is 32.3. The Labute approximate surface area is 192 Å². The van der Waals surface area contributed by atoms with Gasteiger partial charge in [-0.1, -0.05) is 13.8 Å². The predicted molar refractivity (Wildman–Crippen MR) is 121 cm³/mol. The Morgan fingerprint density at radius 1 is 1.26 bits per heavy atom. The lowest BCUT2D eigenvalue weighted by atomic mass is 9.92. The van der Waals surface area contributed by atoms with Crippen molar-refractivity contribution in [1.29, 1.82) is 0 Å². The van der Waals surface area contributed by atoms with Gasteiger partial charge in [0.25, 0.3) is 5.91 Å². The van der Waals surface area contributed by atoms with Crippen LogP contribution in [-0.2, 0) is 14.3 Å². The first-order chi connectivity index (χ1) is 14.9. The lowest BCUT2D eigenvalue weighted by Gasteiger charge is -2.40. The first-order valence-corrected chi connectivity index (χ1v) is 11.8. The van der Waals surface area contributed by atoms with Gasteiger partial charge in [0, 0.05) is 24.7 Å². The molecule has 1 aromatic rings. The third-order valence-electron chi connectivity index (χ3n) is 6.02. The van der Waals surface area contributed by atoms with Crippen molar-refractivity contribution in [3.05, 3.63) is 16.2 Å². The molecule has 1 aliphatic carbocycles. The van der Waals surface area contributed by atoms with Crippen LogP contribution in [0.1, 0.15) is 56.9 Å². The number of rotatable bonds is 11. The zero-order valence-electron chi connectivity index (χ0n) is 18.7. The molecule has 1 saturated carbocycles. The van der Waals surface area contributed by atoms with E-state index in [0.717, 1.165) is 36.1 Å². The van der Waals surface area contributed by atoms with Crippen molar-refractivity contribution in [2.24, 2.45) is 5.92 Å². The second-order valence-corrected chi connectivity index (χ2v) is 8.98. The molecule has 1 aromatic heterocycles. The summed E-state index contributed by atoms with van der Waals surface area (Å²) in [6.45, 7) is 7.77. The van der Waals surface area contributed by atoms with Gasteiger partial charge in [0.05, 0.1) is 19.3 Å². The molecule has 0 aromatic carbocycles. The van der Waals surface area contributed by atoms with Crippen molar-refractivity contribution in [2.75, 3.05) is 38.3 Å². The number of pyridine rings is 1. The van der Waals surface area contributed by atoms with E-state index in [2.05, 4.69) is 31.1 Å². The Morgan fingerprint density at radius 2 is 1.94 bits per heavy atom. The number of aromatic nitrogens is 1. The molecule has 1 N–H and O–H groups in total. The van der Waals surface area contributed by atoms with Crippen LogP contribution in [0, 0.1) is 5.92 Å². The minimum Gasteiger partial charge on any atom is -0.476 e. The van der Waals surface area contributed by atoms with Gasteiger partial charge in [0.1, 0.15) is 16.9 Å². The molecule has 0 atom stereocenters. The summed E-state index contributed by atoms with van der Waals surface area (Å²) in [5.74, 6) is 0.112. The number of carbonyl (C=O) groups excluding carboxylic acids is 2. The second kappa shape index (κ2) is 10.2. The van der Waals surface area contributed by atoms with E-state index in [9.17, 15) is 9.59 Å². The van der Waals surface area contributed by atoms with Gasteiger partial charge in [-0.3, -0.25) is 4.79 Å². The van der Waals surface area contributed by atoms with Crippen LogP contribution in [0.15, 0.2) is 10.5 Å².